The number of allylic oxidation sites excluding steroid dienone is 3. The van der Waals surface area contributed by atoms with Crippen molar-refractivity contribution in [3.05, 3.63) is 22.8 Å². The third-order valence-corrected chi connectivity index (χ3v) is 11.3. The van der Waals surface area contributed by atoms with E-state index in [1.54, 1.807) is 16.7 Å². The van der Waals surface area contributed by atoms with E-state index in [1.807, 2.05) is 0 Å². The van der Waals surface area contributed by atoms with Gasteiger partial charge in [-0.2, -0.15) is 0 Å². The van der Waals surface area contributed by atoms with Crippen LogP contribution in [0.2, 0.25) is 0 Å². The molecule has 0 aromatic heterocycles. The van der Waals surface area contributed by atoms with Gasteiger partial charge in [-0.25, -0.2) is 0 Å². The topological polar surface area (TPSA) is 20.2 Å². The number of hydrogen-bond acceptors (Lipinski definition) is 1. The van der Waals surface area contributed by atoms with Crippen LogP contribution < -0.4 is 0 Å². The molecule has 0 heterocycles. The van der Waals surface area contributed by atoms with Crippen molar-refractivity contribution in [3.63, 3.8) is 0 Å². The monoisotopic (exact) mass is 410 g/mol. The third kappa shape index (κ3) is 3.04. The number of hydrogen-bond donors (Lipinski definition) is 1. The Kier molecular flexibility index (Phi) is 5.13. The van der Waals surface area contributed by atoms with Gasteiger partial charge < -0.3 is 5.11 Å². The Bertz CT molecular complexity index is 758. The Labute approximate surface area is 185 Å². The van der Waals surface area contributed by atoms with Crippen molar-refractivity contribution < 1.29 is 5.11 Å². The average molecular weight is 411 g/mol. The first kappa shape index (κ1) is 21.3. The number of aliphatic hydroxyl groups is 1. The molecule has 0 aromatic rings. The second kappa shape index (κ2) is 7.23. The molecule has 0 saturated heterocycles. The van der Waals surface area contributed by atoms with Crippen molar-refractivity contribution in [2.45, 2.75) is 105 Å². The lowest BCUT2D eigenvalue weighted by molar-refractivity contribution is -0.0574. The second-order valence-electron chi connectivity index (χ2n) is 12.9. The van der Waals surface area contributed by atoms with E-state index in [0.29, 0.717) is 10.8 Å². The fourth-order valence-electron chi connectivity index (χ4n) is 9.73. The minimum Gasteiger partial charge on any atom is -0.393 e. The van der Waals surface area contributed by atoms with Crippen molar-refractivity contribution in [3.8, 4) is 0 Å². The van der Waals surface area contributed by atoms with Gasteiger partial charge in [-0.1, -0.05) is 57.4 Å². The van der Waals surface area contributed by atoms with Gasteiger partial charge >= 0.3 is 0 Å². The lowest BCUT2D eigenvalue weighted by atomic mass is 9.47. The zero-order chi connectivity index (χ0) is 21.4. The summed E-state index contributed by atoms with van der Waals surface area (Å²) in [5, 5.41) is 10.2. The molecule has 5 aliphatic rings. The maximum atomic E-state index is 10.2. The van der Waals surface area contributed by atoms with E-state index in [1.165, 1.54) is 44.9 Å². The van der Waals surface area contributed by atoms with E-state index < -0.39 is 0 Å². The summed E-state index contributed by atoms with van der Waals surface area (Å²) in [7, 11) is 0. The Balaban J connectivity index is 1.32. The molecule has 0 aromatic carbocycles. The molecule has 5 aliphatic carbocycles. The molecule has 0 aliphatic heterocycles. The van der Waals surface area contributed by atoms with Crippen LogP contribution in [0.4, 0.5) is 0 Å². The highest BCUT2D eigenvalue weighted by atomic mass is 16.3. The van der Waals surface area contributed by atoms with Crippen LogP contribution in [0.25, 0.3) is 0 Å². The molecular formula is C29H46O. The first-order chi connectivity index (χ1) is 14.2. The van der Waals surface area contributed by atoms with Crippen LogP contribution in [-0.4, -0.2) is 11.2 Å². The molecular weight excluding hydrogens is 364 g/mol. The van der Waals surface area contributed by atoms with Crippen LogP contribution in [0.15, 0.2) is 22.8 Å². The van der Waals surface area contributed by atoms with Gasteiger partial charge in [0, 0.05) is 5.92 Å². The van der Waals surface area contributed by atoms with E-state index >= 15 is 0 Å². The Morgan fingerprint density at radius 1 is 1.03 bits per heavy atom. The molecule has 4 unspecified atom stereocenters. The Hall–Kier alpha value is -0.560. The Morgan fingerprint density at radius 2 is 1.80 bits per heavy atom. The summed E-state index contributed by atoms with van der Waals surface area (Å²) in [5.41, 5.74) is 6.07. The molecule has 0 amide bonds. The minimum absolute atomic E-state index is 0.0818. The fourth-order valence-corrected chi connectivity index (χ4v) is 9.73. The molecule has 5 rings (SSSR count). The molecule has 168 valence electrons. The molecule has 3 saturated carbocycles. The van der Waals surface area contributed by atoms with Crippen molar-refractivity contribution in [2.24, 2.45) is 52.3 Å². The van der Waals surface area contributed by atoms with E-state index in [-0.39, 0.29) is 6.10 Å². The van der Waals surface area contributed by atoms with Crippen LogP contribution in [0.5, 0.6) is 0 Å². The summed E-state index contributed by atoms with van der Waals surface area (Å²) in [6.45, 7) is 15.0. The summed E-state index contributed by atoms with van der Waals surface area (Å²) in [5.74, 6) is 6.09. The first-order valence-corrected chi connectivity index (χ1v) is 13.2. The van der Waals surface area contributed by atoms with Crippen molar-refractivity contribution in [1.82, 2.24) is 0 Å². The molecule has 3 fully saturated rings. The van der Waals surface area contributed by atoms with Gasteiger partial charge in [0.15, 0.2) is 0 Å². The molecule has 1 N–H and O–H groups in total. The van der Waals surface area contributed by atoms with Crippen molar-refractivity contribution in [2.75, 3.05) is 0 Å². The highest BCUT2D eigenvalue weighted by Crippen LogP contribution is 2.67. The molecule has 1 nitrogen and oxygen atoms in total. The van der Waals surface area contributed by atoms with Crippen LogP contribution in [0, 0.1) is 52.3 Å². The van der Waals surface area contributed by atoms with Crippen LogP contribution in [0.1, 0.15) is 99.3 Å². The van der Waals surface area contributed by atoms with Gasteiger partial charge in [0.2, 0.25) is 0 Å². The molecule has 9 atom stereocenters. The molecule has 0 bridgehead atoms. The van der Waals surface area contributed by atoms with Crippen LogP contribution >= 0.6 is 0 Å². The number of aliphatic hydroxyl groups excluding tert-OH is 1. The smallest absolute Gasteiger partial charge is 0.0577 e. The quantitative estimate of drug-likeness (QED) is 0.474. The van der Waals surface area contributed by atoms with Gasteiger partial charge in [-0.15, -0.1) is 0 Å². The SMILES string of the molecule is CC1=C(C(C)C)[C@H]1C[C@@H](C)C1CCC2C3CC=C4C[C@@H](O)CC[C@]4(C)C3CC[C@@]21C. The zero-order valence-electron chi connectivity index (χ0n) is 20.5. The molecule has 0 spiro atoms. The second-order valence-corrected chi connectivity index (χ2v) is 12.9. The van der Waals surface area contributed by atoms with Gasteiger partial charge in [0.25, 0.3) is 0 Å². The molecule has 1 heteroatoms. The standard InChI is InChI=1S/C29H46O/c1-17(2)27-19(4)23(27)15-18(3)24-9-10-25-22-8-7-20-16-21(30)11-13-28(20,5)26(22)12-14-29(24,25)6/h7,17-18,21-26,30H,8-16H2,1-6H3/t18-,21+,22?,23+,24?,25?,26?,28+,29-/m1/s1. The van der Waals surface area contributed by atoms with Gasteiger partial charge in [0.05, 0.1) is 6.10 Å². The van der Waals surface area contributed by atoms with Crippen molar-refractivity contribution in [1.29, 1.82) is 0 Å². The van der Waals surface area contributed by atoms with Crippen LogP contribution in [-0.2, 0) is 0 Å². The summed E-state index contributed by atoms with van der Waals surface area (Å²) >= 11 is 0. The van der Waals surface area contributed by atoms with E-state index in [0.717, 1.165) is 54.3 Å². The highest BCUT2D eigenvalue weighted by molar-refractivity contribution is 5.40. The van der Waals surface area contributed by atoms with Crippen molar-refractivity contribution >= 4 is 0 Å². The fraction of sp³-hybridized carbons (Fsp3) is 0.862. The normalized spacial score (nSPS) is 48.7. The van der Waals surface area contributed by atoms with E-state index in [2.05, 4.69) is 47.6 Å². The zero-order valence-corrected chi connectivity index (χ0v) is 20.5. The Morgan fingerprint density at radius 3 is 2.50 bits per heavy atom. The third-order valence-electron chi connectivity index (χ3n) is 11.3. The van der Waals surface area contributed by atoms with Crippen LogP contribution in [0.3, 0.4) is 0 Å². The maximum Gasteiger partial charge on any atom is 0.0577 e. The number of fused-ring (bicyclic) bond motifs is 5. The predicted octanol–water partition coefficient (Wildman–Crippen LogP) is 7.55. The lowest BCUT2D eigenvalue weighted by Crippen LogP contribution is -2.50. The van der Waals surface area contributed by atoms with Gasteiger partial charge in [-0.3, -0.25) is 0 Å². The highest BCUT2D eigenvalue weighted by Gasteiger charge is 2.59. The largest absolute Gasteiger partial charge is 0.393 e. The van der Waals surface area contributed by atoms with E-state index in [4.69, 9.17) is 0 Å². The summed E-state index contributed by atoms with van der Waals surface area (Å²) in [6.07, 6.45) is 14.2. The summed E-state index contributed by atoms with van der Waals surface area (Å²) < 4.78 is 0. The average Bonchev–Trinajstić information content (AvgIpc) is 3.17. The lowest BCUT2D eigenvalue weighted by Gasteiger charge is -2.58. The number of rotatable bonds is 4. The first-order valence-electron chi connectivity index (χ1n) is 13.2. The molecule has 0 radical (unpaired) electrons. The maximum absolute atomic E-state index is 10.2. The molecule has 30 heavy (non-hydrogen) atoms. The van der Waals surface area contributed by atoms with Gasteiger partial charge in [0.1, 0.15) is 0 Å². The van der Waals surface area contributed by atoms with Gasteiger partial charge in [-0.05, 0) is 111 Å². The predicted molar refractivity (Wildman–Crippen MR) is 126 cm³/mol. The minimum atomic E-state index is -0.0818. The summed E-state index contributed by atoms with van der Waals surface area (Å²) in [6, 6.07) is 0. The summed E-state index contributed by atoms with van der Waals surface area (Å²) in [4.78, 5) is 0. The van der Waals surface area contributed by atoms with E-state index in [9.17, 15) is 5.11 Å².